The number of carbonyl (C=O) groups is 2. The van der Waals surface area contributed by atoms with Gasteiger partial charge in [-0.1, -0.05) is 39.4 Å². The number of carbonyl (C=O) groups excluding carboxylic acids is 2. The minimum atomic E-state index is -0.826. The second-order valence-electron chi connectivity index (χ2n) is 7.81. The number of imide groups is 1. The third-order valence-electron chi connectivity index (χ3n) is 2.97. The van der Waals surface area contributed by atoms with Crippen molar-refractivity contribution in [2.75, 3.05) is 4.90 Å². The topological polar surface area (TPSA) is 68.7 Å². The van der Waals surface area contributed by atoms with Crippen LogP contribution in [0.5, 0.6) is 0 Å². The molecule has 8 heteroatoms. The van der Waals surface area contributed by atoms with Crippen molar-refractivity contribution >= 4 is 44.6 Å². The summed E-state index contributed by atoms with van der Waals surface area (Å²) in [4.78, 5) is 31.2. The summed E-state index contributed by atoms with van der Waals surface area (Å²) in [5.41, 5.74) is -0.595. The summed E-state index contributed by atoms with van der Waals surface area (Å²) in [6.07, 6.45) is -0.0350. The van der Waals surface area contributed by atoms with E-state index < -0.39 is 23.4 Å². The summed E-state index contributed by atoms with van der Waals surface area (Å²) in [6, 6.07) is 7.67. The Bertz CT molecular complexity index is 791. The van der Waals surface area contributed by atoms with Gasteiger partial charge >= 0.3 is 12.2 Å². The SMILES string of the molecule is CC(C)(C)OC(=O)N(C(=O)OC(C)(C)C)c1ncc(-c2ccc(Br)cc2)s1. The molecule has 0 saturated heterocycles. The van der Waals surface area contributed by atoms with E-state index in [1.165, 1.54) is 11.3 Å². The summed E-state index contributed by atoms with van der Waals surface area (Å²) in [6.45, 7) is 10.4. The quantitative estimate of drug-likeness (QED) is 0.536. The highest BCUT2D eigenvalue weighted by molar-refractivity contribution is 9.10. The van der Waals surface area contributed by atoms with Gasteiger partial charge in [0.2, 0.25) is 5.13 Å². The van der Waals surface area contributed by atoms with Crippen molar-refractivity contribution in [2.45, 2.75) is 52.7 Å². The van der Waals surface area contributed by atoms with Crippen molar-refractivity contribution in [1.29, 1.82) is 0 Å². The van der Waals surface area contributed by atoms with Crippen LogP contribution in [0, 0.1) is 0 Å². The van der Waals surface area contributed by atoms with Crippen LogP contribution in [0.3, 0.4) is 0 Å². The fourth-order valence-electron chi connectivity index (χ4n) is 1.96. The van der Waals surface area contributed by atoms with Crippen molar-refractivity contribution in [1.82, 2.24) is 4.98 Å². The average Bonchev–Trinajstić information content (AvgIpc) is 2.93. The highest BCUT2D eigenvalue weighted by Gasteiger charge is 2.34. The maximum Gasteiger partial charge on any atom is 0.426 e. The van der Waals surface area contributed by atoms with Crippen molar-refractivity contribution < 1.29 is 19.1 Å². The van der Waals surface area contributed by atoms with Crippen LogP contribution in [-0.4, -0.2) is 28.4 Å². The molecule has 146 valence electrons. The van der Waals surface area contributed by atoms with Gasteiger partial charge in [-0.05, 0) is 59.2 Å². The zero-order chi connectivity index (χ0) is 20.4. The Labute approximate surface area is 171 Å². The van der Waals surface area contributed by atoms with E-state index in [9.17, 15) is 9.59 Å². The summed E-state index contributed by atoms with van der Waals surface area (Å²) in [7, 11) is 0. The van der Waals surface area contributed by atoms with Gasteiger partial charge < -0.3 is 9.47 Å². The largest absolute Gasteiger partial charge is 0.443 e. The smallest absolute Gasteiger partial charge is 0.426 e. The first-order chi connectivity index (χ1) is 12.4. The van der Waals surface area contributed by atoms with Gasteiger partial charge in [0.15, 0.2) is 0 Å². The zero-order valence-corrected chi connectivity index (χ0v) is 18.6. The molecule has 2 rings (SSSR count). The number of amides is 2. The van der Waals surface area contributed by atoms with E-state index in [2.05, 4.69) is 20.9 Å². The molecule has 0 atom stereocenters. The zero-order valence-electron chi connectivity index (χ0n) is 16.2. The number of aromatic nitrogens is 1. The molecule has 0 radical (unpaired) electrons. The number of anilines is 1. The van der Waals surface area contributed by atoms with Crippen LogP contribution in [0.15, 0.2) is 34.9 Å². The third-order valence-corrected chi connectivity index (χ3v) is 4.53. The molecular weight excluding hydrogens is 432 g/mol. The second-order valence-corrected chi connectivity index (χ2v) is 9.73. The van der Waals surface area contributed by atoms with Gasteiger partial charge in [-0.2, -0.15) is 4.90 Å². The van der Waals surface area contributed by atoms with Gasteiger partial charge in [0.1, 0.15) is 11.2 Å². The molecule has 2 aromatic rings. The molecule has 0 bridgehead atoms. The van der Waals surface area contributed by atoms with Crippen molar-refractivity contribution in [3.63, 3.8) is 0 Å². The lowest BCUT2D eigenvalue weighted by atomic mass is 10.2. The average molecular weight is 455 g/mol. The Morgan fingerprint density at radius 2 is 1.44 bits per heavy atom. The summed E-state index contributed by atoms with van der Waals surface area (Å²) < 4.78 is 11.7. The van der Waals surface area contributed by atoms with Gasteiger partial charge in [0, 0.05) is 10.7 Å². The van der Waals surface area contributed by atoms with Gasteiger partial charge in [-0.3, -0.25) is 0 Å². The van der Waals surface area contributed by atoms with E-state index in [0.717, 1.165) is 19.8 Å². The molecule has 0 N–H and O–H groups in total. The molecule has 27 heavy (non-hydrogen) atoms. The molecule has 0 unspecified atom stereocenters. The predicted octanol–water partition coefficient (Wildman–Crippen LogP) is 6.25. The lowest BCUT2D eigenvalue weighted by molar-refractivity contribution is 0.0430. The first kappa shape index (κ1) is 21.4. The number of hydrogen-bond acceptors (Lipinski definition) is 6. The van der Waals surface area contributed by atoms with Crippen LogP contribution in [0.25, 0.3) is 10.4 Å². The van der Waals surface area contributed by atoms with Gasteiger partial charge in [-0.25, -0.2) is 14.6 Å². The number of halogens is 1. The van der Waals surface area contributed by atoms with Crippen LogP contribution >= 0.6 is 27.3 Å². The van der Waals surface area contributed by atoms with Crippen molar-refractivity contribution in [3.8, 4) is 10.4 Å². The van der Waals surface area contributed by atoms with Crippen LogP contribution in [0.2, 0.25) is 0 Å². The maximum atomic E-state index is 12.6. The highest BCUT2D eigenvalue weighted by atomic mass is 79.9. The van der Waals surface area contributed by atoms with E-state index >= 15 is 0 Å². The second kappa shape index (κ2) is 7.98. The molecule has 1 heterocycles. The number of benzene rings is 1. The maximum absolute atomic E-state index is 12.6. The van der Waals surface area contributed by atoms with Crippen LogP contribution in [-0.2, 0) is 9.47 Å². The van der Waals surface area contributed by atoms with E-state index in [-0.39, 0.29) is 5.13 Å². The fourth-order valence-corrected chi connectivity index (χ4v) is 3.13. The van der Waals surface area contributed by atoms with E-state index in [1.54, 1.807) is 47.7 Å². The Morgan fingerprint density at radius 1 is 0.963 bits per heavy atom. The Morgan fingerprint density at radius 3 is 1.89 bits per heavy atom. The first-order valence-corrected chi connectivity index (χ1v) is 9.94. The first-order valence-electron chi connectivity index (χ1n) is 8.33. The number of ether oxygens (including phenoxy) is 2. The molecule has 1 aromatic carbocycles. The minimum absolute atomic E-state index is 0.191. The summed E-state index contributed by atoms with van der Waals surface area (Å²) in [5.74, 6) is 0. The number of hydrogen-bond donors (Lipinski definition) is 0. The van der Waals surface area contributed by atoms with Crippen LogP contribution < -0.4 is 4.90 Å². The molecule has 1 aromatic heterocycles. The standard InChI is InChI=1S/C19H23BrN2O4S/c1-18(2,3)25-16(23)22(17(24)26-19(4,5)6)15-21-11-14(27-15)12-7-9-13(20)10-8-12/h7-11H,1-6H3. The van der Waals surface area contributed by atoms with Crippen LogP contribution in [0.4, 0.5) is 14.7 Å². The molecule has 0 aliphatic rings. The Hall–Kier alpha value is -1.93. The normalized spacial score (nSPS) is 11.8. The molecular formula is C19H23BrN2O4S. The van der Waals surface area contributed by atoms with Gasteiger partial charge in [0.25, 0.3) is 0 Å². The molecule has 0 fully saturated rings. The lowest BCUT2D eigenvalue weighted by Gasteiger charge is -2.27. The predicted molar refractivity (Wildman–Crippen MR) is 110 cm³/mol. The Kier molecular flexibility index (Phi) is 6.32. The molecule has 6 nitrogen and oxygen atoms in total. The number of nitrogens with zero attached hydrogens (tertiary/aromatic N) is 2. The molecule has 0 saturated carbocycles. The van der Waals surface area contributed by atoms with E-state index in [4.69, 9.17) is 9.47 Å². The molecule has 0 aliphatic heterocycles. The van der Waals surface area contributed by atoms with E-state index in [1.807, 2.05) is 24.3 Å². The highest BCUT2D eigenvalue weighted by Crippen LogP contribution is 2.33. The minimum Gasteiger partial charge on any atom is -0.443 e. The molecule has 0 spiro atoms. The fraction of sp³-hybridized carbons (Fsp3) is 0.421. The van der Waals surface area contributed by atoms with Crippen molar-refractivity contribution in [2.24, 2.45) is 0 Å². The molecule has 0 aliphatic carbocycles. The summed E-state index contributed by atoms with van der Waals surface area (Å²) in [5, 5.41) is 0.191. The monoisotopic (exact) mass is 454 g/mol. The summed E-state index contributed by atoms with van der Waals surface area (Å²) >= 11 is 4.60. The number of rotatable bonds is 2. The van der Waals surface area contributed by atoms with Crippen LogP contribution in [0.1, 0.15) is 41.5 Å². The van der Waals surface area contributed by atoms with E-state index in [0.29, 0.717) is 0 Å². The third kappa shape index (κ3) is 6.32. The number of thiazole rings is 1. The Balaban J connectivity index is 2.37. The van der Waals surface area contributed by atoms with Gasteiger partial charge in [-0.15, -0.1) is 0 Å². The van der Waals surface area contributed by atoms with Crippen molar-refractivity contribution in [3.05, 3.63) is 34.9 Å². The van der Waals surface area contributed by atoms with Gasteiger partial charge in [0.05, 0.1) is 4.88 Å². The molecule has 2 amide bonds. The lowest BCUT2D eigenvalue weighted by Crippen LogP contribution is -2.43.